The Labute approximate surface area is 122 Å². The van der Waals surface area contributed by atoms with Gasteiger partial charge in [0, 0.05) is 0 Å². The van der Waals surface area contributed by atoms with Gasteiger partial charge >= 0.3 is 5.97 Å². The zero-order chi connectivity index (χ0) is 15.2. The molecule has 0 saturated carbocycles. The molecule has 0 heterocycles. The van der Waals surface area contributed by atoms with Crippen LogP contribution >= 0.6 is 0 Å². The molecule has 0 bridgehead atoms. The van der Waals surface area contributed by atoms with Crippen LogP contribution in [0.3, 0.4) is 0 Å². The molecule has 21 heavy (non-hydrogen) atoms. The molecule has 0 unspecified atom stereocenters. The molecule has 2 aromatic rings. The fraction of sp³-hybridized carbons (Fsp3) is 0.125. The van der Waals surface area contributed by atoms with E-state index < -0.39 is 24.0 Å². The Hall–Kier alpha value is -2.66. The number of carboxylic acids is 1. The summed E-state index contributed by atoms with van der Waals surface area (Å²) < 4.78 is 0. The number of nitrogens with two attached hydrogens (primary N) is 1. The third-order valence-electron chi connectivity index (χ3n) is 3.11. The van der Waals surface area contributed by atoms with Crippen molar-refractivity contribution in [2.24, 2.45) is 5.73 Å². The van der Waals surface area contributed by atoms with E-state index >= 15 is 0 Å². The maximum atomic E-state index is 12.1. The summed E-state index contributed by atoms with van der Waals surface area (Å²) in [6.45, 7) is 0. The molecule has 1 amide bonds. The van der Waals surface area contributed by atoms with Crippen LogP contribution in [-0.4, -0.2) is 17.0 Å². The smallest absolute Gasteiger partial charge is 0.330 e. The number of rotatable bonds is 5. The zero-order valence-electron chi connectivity index (χ0n) is 11.3. The van der Waals surface area contributed by atoms with E-state index in [1.807, 2.05) is 6.07 Å². The average molecular weight is 284 g/mol. The minimum Gasteiger partial charge on any atom is -0.479 e. The average Bonchev–Trinajstić information content (AvgIpc) is 2.53. The van der Waals surface area contributed by atoms with Crippen LogP contribution in [-0.2, 0) is 9.59 Å². The second-order valence-corrected chi connectivity index (χ2v) is 4.58. The Morgan fingerprint density at radius 1 is 0.905 bits per heavy atom. The van der Waals surface area contributed by atoms with Gasteiger partial charge in [0.2, 0.25) is 5.91 Å². The van der Waals surface area contributed by atoms with Crippen molar-refractivity contribution in [1.82, 2.24) is 5.32 Å². The fourth-order valence-electron chi connectivity index (χ4n) is 1.98. The molecule has 108 valence electrons. The summed E-state index contributed by atoms with van der Waals surface area (Å²) in [5.74, 6) is -1.66. The van der Waals surface area contributed by atoms with Crippen LogP contribution in [0.4, 0.5) is 0 Å². The molecule has 4 N–H and O–H groups in total. The minimum atomic E-state index is -1.13. The maximum Gasteiger partial charge on any atom is 0.330 e. The first-order chi connectivity index (χ1) is 10.1. The number of hydrogen-bond acceptors (Lipinski definition) is 3. The highest BCUT2D eigenvalue weighted by Gasteiger charge is 2.25. The number of carbonyl (C=O) groups is 2. The van der Waals surface area contributed by atoms with E-state index in [1.165, 1.54) is 0 Å². The van der Waals surface area contributed by atoms with Gasteiger partial charge in [-0.2, -0.15) is 0 Å². The van der Waals surface area contributed by atoms with Crippen molar-refractivity contribution in [3.63, 3.8) is 0 Å². The number of carbonyl (C=O) groups excluding carboxylic acids is 1. The fourth-order valence-corrected chi connectivity index (χ4v) is 1.98. The van der Waals surface area contributed by atoms with Crippen molar-refractivity contribution in [3.8, 4) is 0 Å². The van der Waals surface area contributed by atoms with Crippen molar-refractivity contribution in [1.29, 1.82) is 0 Å². The summed E-state index contributed by atoms with van der Waals surface area (Å²) in [5, 5.41) is 11.7. The molecule has 0 aliphatic rings. The lowest BCUT2D eigenvalue weighted by Crippen LogP contribution is -2.39. The van der Waals surface area contributed by atoms with E-state index in [1.54, 1.807) is 54.6 Å². The monoisotopic (exact) mass is 284 g/mol. The maximum absolute atomic E-state index is 12.1. The van der Waals surface area contributed by atoms with Crippen LogP contribution in [0.15, 0.2) is 60.7 Å². The topological polar surface area (TPSA) is 92.4 Å². The number of amides is 1. The summed E-state index contributed by atoms with van der Waals surface area (Å²) in [7, 11) is 0. The standard InChI is InChI=1S/C16H16N2O3/c17-13(11-7-3-1-4-8-11)15(19)18-14(16(20)21)12-9-5-2-6-10-12/h1-10,13-14H,17H2,(H,18,19)(H,20,21)/t13-,14+/m0/s1. The Kier molecular flexibility index (Phi) is 4.68. The molecule has 0 aliphatic carbocycles. The number of aliphatic carboxylic acids is 1. The van der Waals surface area contributed by atoms with E-state index in [4.69, 9.17) is 5.73 Å². The Balaban J connectivity index is 2.14. The molecule has 0 aliphatic heterocycles. The van der Waals surface area contributed by atoms with Gasteiger partial charge in [0.15, 0.2) is 6.04 Å². The van der Waals surface area contributed by atoms with Crippen LogP contribution in [0.25, 0.3) is 0 Å². The molecular formula is C16H16N2O3. The molecule has 0 spiro atoms. The summed E-state index contributed by atoms with van der Waals surface area (Å²) in [6.07, 6.45) is 0. The first kappa shape index (κ1) is 14.7. The lowest BCUT2D eigenvalue weighted by atomic mass is 10.0. The molecule has 2 aromatic carbocycles. The largest absolute Gasteiger partial charge is 0.479 e. The van der Waals surface area contributed by atoms with Gasteiger partial charge in [-0.05, 0) is 11.1 Å². The van der Waals surface area contributed by atoms with E-state index in [-0.39, 0.29) is 0 Å². The Morgan fingerprint density at radius 2 is 1.38 bits per heavy atom. The predicted molar refractivity (Wildman–Crippen MR) is 78.3 cm³/mol. The number of nitrogens with one attached hydrogen (secondary N) is 1. The summed E-state index contributed by atoms with van der Waals surface area (Å²) in [6, 6.07) is 15.3. The highest BCUT2D eigenvalue weighted by atomic mass is 16.4. The van der Waals surface area contributed by atoms with Crippen LogP contribution in [0.2, 0.25) is 0 Å². The third kappa shape index (κ3) is 3.67. The highest BCUT2D eigenvalue weighted by molar-refractivity contribution is 5.88. The number of carboxylic acid groups (broad SMARTS) is 1. The SMILES string of the molecule is N[C@H](C(=O)N[C@@H](C(=O)O)c1ccccc1)c1ccccc1. The van der Waals surface area contributed by atoms with Gasteiger partial charge in [-0.1, -0.05) is 60.7 Å². The van der Waals surface area contributed by atoms with Crippen LogP contribution in [0.5, 0.6) is 0 Å². The molecule has 0 fully saturated rings. The summed E-state index contributed by atoms with van der Waals surface area (Å²) in [5.41, 5.74) is 6.99. The van der Waals surface area contributed by atoms with Crippen LogP contribution in [0, 0.1) is 0 Å². The second kappa shape index (κ2) is 6.67. The predicted octanol–water partition coefficient (Wildman–Crippen LogP) is 1.63. The quantitative estimate of drug-likeness (QED) is 0.778. The van der Waals surface area contributed by atoms with Crippen LogP contribution < -0.4 is 11.1 Å². The van der Waals surface area contributed by atoms with E-state index in [0.717, 1.165) is 0 Å². The Bertz CT molecular complexity index is 614. The molecule has 0 aromatic heterocycles. The minimum absolute atomic E-state index is 0.499. The third-order valence-corrected chi connectivity index (χ3v) is 3.11. The van der Waals surface area contributed by atoms with E-state index in [9.17, 15) is 14.7 Å². The number of benzene rings is 2. The lowest BCUT2D eigenvalue weighted by molar-refractivity contribution is -0.142. The Morgan fingerprint density at radius 3 is 1.86 bits per heavy atom. The van der Waals surface area contributed by atoms with Gasteiger partial charge in [-0.25, -0.2) is 4.79 Å². The summed E-state index contributed by atoms with van der Waals surface area (Å²) in [4.78, 5) is 23.5. The number of hydrogen-bond donors (Lipinski definition) is 3. The molecule has 2 atom stereocenters. The molecule has 0 radical (unpaired) electrons. The van der Waals surface area contributed by atoms with Crippen molar-refractivity contribution in [2.75, 3.05) is 0 Å². The van der Waals surface area contributed by atoms with Gasteiger partial charge in [-0.3, -0.25) is 4.79 Å². The van der Waals surface area contributed by atoms with E-state index in [0.29, 0.717) is 11.1 Å². The molecule has 5 nitrogen and oxygen atoms in total. The first-order valence-electron chi connectivity index (χ1n) is 6.48. The van der Waals surface area contributed by atoms with E-state index in [2.05, 4.69) is 5.32 Å². The molecule has 5 heteroatoms. The van der Waals surface area contributed by atoms with Gasteiger partial charge in [-0.15, -0.1) is 0 Å². The van der Waals surface area contributed by atoms with Gasteiger partial charge in [0.25, 0.3) is 0 Å². The zero-order valence-corrected chi connectivity index (χ0v) is 11.3. The van der Waals surface area contributed by atoms with Crippen molar-refractivity contribution >= 4 is 11.9 Å². The van der Waals surface area contributed by atoms with Gasteiger partial charge in [0.05, 0.1) is 0 Å². The van der Waals surface area contributed by atoms with Crippen molar-refractivity contribution in [2.45, 2.75) is 12.1 Å². The first-order valence-corrected chi connectivity index (χ1v) is 6.48. The second-order valence-electron chi connectivity index (χ2n) is 4.58. The molecular weight excluding hydrogens is 268 g/mol. The molecule has 0 saturated heterocycles. The van der Waals surface area contributed by atoms with Gasteiger partial charge < -0.3 is 16.2 Å². The summed E-state index contributed by atoms with van der Waals surface area (Å²) >= 11 is 0. The van der Waals surface area contributed by atoms with Crippen molar-refractivity contribution < 1.29 is 14.7 Å². The van der Waals surface area contributed by atoms with Crippen molar-refractivity contribution in [3.05, 3.63) is 71.8 Å². The molecule has 2 rings (SSSR count). The van der Waals surface area contributed by atoms with Gasteiger partial charge in [0.1, 0.15) is 6.04 Å². The highest BCUT2D eigenvalue weighted by Crippen LogP contribution is 2.15. The normalized spacial score (nSPS) is 13.2. The lowest BCUT2D eigenvalue weighted by Gasteiger charge is -2.18. The van der Waals surface area contributed by atoms with Crippen LogP contribution in [0.1, 0.15) is 23.2 Å².